The first-order chi connectivity index (χ1) is 10.0. The molecule has 0 bridgehead atoms. The van der Waals surface area contributed by atoms with Crippen LogP contribution in [0.4, 0.5) is 8.78 Å². The lowest BCUT2D eigenvalue weighted by atomic mass is 9.97. The Bertz CT molecular complexity index is 628. The fraction of sp³-hybridized carbons (Fsp3) is 0.294. The predicted molar refractivity (Wildman–Crippen MR) is 82.7 cm³/mol. The standard InChI is InChI=1S/C17H18ClF2N/c1-3-21-17(13-5-4-11(2)16(20)8-13)9-12-6-7-14(19)10-15(12)18/h4-8,10,17,21H,3,9H2,1-2H3. The molecule has 0 aliphatic rings. The van der Waals surface area contributed by atoms with Crippen LogP contribution in [0.5, 0.6) is 0 Å². The van der Waals surface area contributed by atoms with Crippen LogP contribution in [0, 0.1) is 18.6 Å². The number of benzene rings is 2. The number of rotatable bonds is 5. The molecule has 0 fully saturated rings. The van der Waals surface area contributed by atoms with Crippen molar-refractivity contribution < 1.29 is 8.78 Å². The molecule has 2 aromatic carbocycles. The van der Waals surface area contributed by atoms with E-state index in [1.54, 1.807) is 25.1 Å². The van der Waals surface area contributed by atoms with Gasteiger partial charge in [0.2, 0.25) is 0 Å². The number of halogens is 3. The highest BCUT2D eigenvalue weighted by Gasteiger charge is 2.14. The van der Waals surface area contributed by atoms with Crippen molar-refractivity contribution >= 4 is 11.6 Å². The zero-order valence-corrected chi connectivity index (χ0v) is 12.8. The minimum atomic E-state index is -0.356. The predicted octanol–water partition coefficient (Wildman–Crippen LogP) is 4.82. The average Bonchev–Trinajstić information content (AvgIpc) is 2.44. The maximum Gasteiger partial charge on any atom is 0.126 e. The summed E-state index contributed by atoms with van der Waals surface area (Å²) in [5, 5.41) is 3.71. The average molecular weight is 310 g/mol. The second-order valence-electron chi connectivity index (χ2n) is 5.06. The molecule has 4 heteroatoms. The molecule has 112 valence electrons. The van der Waals surface area contributed by atoms with Gasteiger partial charge >= 0.3 is 0 Å². The summed E-state index contributed by atoms with van der Waals surface area (Å²) in [4.78, 5) is 0. The molecule has 0 aliphatic heterocycles. The van der Waals surface area contributed by atoms with Gasteiger partial charge in [0, 0.05) is 11.1 Å². The second kappa shape index (κ2) is 7.01. The molecular weight excluding hydrogens is 292 g/mol. The van der Waals surface area contributed by atoms with Crippen molar-refractivity contribution in [2.75, 3.05) is 6.54 Å². The fourth-order valence-corrected chi connectivity index (χ4v) is 2.53. The van der Waals surface area contributed by atoms with Crippen molar-refractivity contribution in [3.63, 3.8) is 0 Å². The fourth-order valence-electron chi connectivity index (χ4n) is 2.29. The van der Waals surface area contributed by atoms with Gasteiger partial charge in [0.25, 0.3) is 0 Å². The van der Waals surface area contributed by atoms with Crippen LogP contribution in [0.3, 0.4) is 0 Å². The van der Waals surface area contributed by atoms with Crippen LogP contribution in [0.15, 0.2) is 36.4 Å². The van der Waals surface area contributed by atoms with Gasteiger partial charge in [-0.05, 0) is 54.8 Å². The first-order valence-corrected chi connectivity index (χ1v) is 7.32. The molecule has 0 heterocycles. The van der Waals surface area contributed by atoms with E-state index in [1.165, 1.54) is 12.1 Å². The van der Waals surface area contributed by atoms with E-state index in [2.05, 4.69) is 5.32 Å². The topological polar surface area (TPSA) is 12.0 Å². The van der Waals surface area contributed by atoms with Gasteiger partial charge in [0.05, 0.1) is 0 Å². The lowest BCUT2D eigenvalue weighted by Crippen LogP contribution is -2.23. The molecule has 1 N–H and O–H groups in total. The Morgan fingerprint density at radius 2 is 1.90 bits per heavy atom. The molecular formula is C17H18ClF2N. The molecule has 0 amide bonds. The van der Waals surface area contributed by atoms with E-state index in [0.717, 1.165) is 17.7 Å². The molecule has 1 atom stereocenters. The summed E-state index contributed by atoms with van der Waals surface area (Å²) in [6, 6.07) is 9.51. The summed E-state index contributed by atoms with van der Waals surface area (Å²) in [5.41, 5.74) is 2.32. The van der Waals surface area contributed by atoms with E-state index < -0.39 is 0 Å². The summed E-state index contributed by atoms with van der Waals surface area (Å²) in [7, 11) is 0. The zero-order valence-electron chi connectivity index (χ0n) is 12.1. The molecule has 0 radical (unpaired) electrons. The third-order valence-corrected chi connectivity index (χ3v) is 3.84. The van der Waals surface area contributed by atoms with Gasteiger partial charge in [-0.1, -0.05) is 36.7 Å². The summed E-state index contributed by atoms with van der Waals surface area (Å²) < 4.78 is 26.9. The highest BCUT2D eigenvalue weighted by molar-refractivity contribution is 6.31. The third kappa shape index (κ3) is 4.02. The van der Waals surface area contributed by atoms with E-state index in [0.29, 0.717) is 17.0 Å². The maximum absolute atomic E-state index is 13.7. The zero-order chi connectivity index (χ0) is 15.4. The number of hydrogen-bond acceptors (Lipinski definition) is 1. The molecule has 0 spiro atoms. The first-order valence-electron chi connectivity index (χ1n) is 6.94. The highest BCUT2D eigenvalue weighted by atomic mass is 35.5. The van der Waals surface area contributed by atoms with E-state index in [1.807, 2.05) is 13.0 Å². The second-order valence-corrected chi connectivity index (χ2v) is 5.47. The molecule has 1 unspecified atom stereocenters. The summed E-state index contributed by atoms with van der Waals surface area (Å²) in [6.07, 6.45) is 0.579. The van der Waals surface area contributed by atoms with E-state index >= 15 is 0 Å². The number of nitrogens with one attached hydrogen (secondary N) is 1. The largest absolute Gasteiger partial charge is 0.310 e. The van der Waals surface area contributed by atoms with Gasteiger partial charge in [-0.3, -0.25) is 0 Å². The third-order valence-electron chi connectivity index (χ3n) is 3.49. The molecule has 21 heavy (non-hydrogen) atoms. The minimum absolute atomic E-state index is 0.0620. The Kier molecular flexibility index (Phi) is 5.32. The highest BCUT2D eigenvalue weighted by Crippen LogP contribution is 2.25. The molecule has 1 nitrogen and oxygen atoms in total. The summed E-state index contributed by atoms with van der Waals surface area (Å²) in [6.45, 7) is 4.47. The number of hydrogen-bond donors (Lipinski definition) is 1. The van der Waals surface area contributed by atoms with Crippen LogP contribution >= 0.6 is 11.6 Å². The Balaban J connectivity index is 2.28. The monoisotopic (exact) mass is 309 g/mol. The van der Waals surface area contributed by atoms with Gasteiger partial charge in [0.1, 0.15) is 11.6 Å². The van der Waals surface area contributed by atoms with Crippen molar-refractivity contribution in [3.05, 3.63) is 69.7 Å². The van der Waals surface area contributed by atoms with Crippen molar-refractivity contribution in [3.8, 4) is 0 Å². The van der Waals surface area contributed by atoms with Gasteiger partial charge in [0.15, 0.2) is 0 Å². The molecule has 0 aliphatic carbocycles. The maximum atomic E-state index is 13.7. The lowest BCUT2D eigenvalue weighted by molar-refractivity contribution is 0.541. The van der Waals surface area contributed by atoms with Crippen LogP contribution in [0.2, 0.25) is 5.02 Å². The Hall–Kier alpha value is -1.45. The summed E-state index contributed by atoms with van der Waals surface area (Å²) in [5.74, 6) is -0.578. The van der Waals surface area contributed by atoms with Crippen LogP contribution in [0.25, 0.3) is 0 Å². The van der Waals surface area contributed by atoms with Crippen molar-refractivity contribution in [1.29, 1.82) is 0 Å². The van der Waals surface area contributed by atoms with Gasteiger partial charge in [-0.25, -0.2) is 8.78 Å². The van der Waals surface area contributed by atoms with E-state index in [4.69, 9.17) is 11.6 Å². The number of likely N-dealkylation sites (N-methyl/N-ethyl adjacent to an activating group) is 1. The smallest absolute Gasteiger partial charge is 0.126 e. The van der Waals surface area contributed by atoms with E-state index in [-0.39, 0.29) is 17.7 Å². The van der Waals surface area contributed by atoms with Crippen molar-refractivity contribution in [1.82, 2.24) is 5.32 Å². The molecule has 0 aromatic heterocycles. The van der Waals surface area contributed by atoms with Crippen LogP contribution in [-0.4, -0.2) is 6.54 Å². The van der Waals surface area contributed by atoms with Crippen LogP contribution < -0.4 is 5.32 Å². The van der Waals surface area contributed by atoms with Crippen molar-refractivity contribution in [2.24, 2.45) is 0 Å². The Morgan fingerprint density at radius 1 is 1.14 bits per heavy atom. The minimum Gasteiger partial charge on any atom is -0.310 e. The molecule has 0 saturated heterocycles. The summed E-state index contributed by atoms with van der Waals surface area (Å²) >= 11 is 6.08. The van der Waals surface area contributed by atoms with Gasteiger partial charge in [-0.15, -0.1) is 0 Å². The van der Waals surface area contributed by atoms with Gasteiger partial charge in [-0.2, -0.15) is 0 Å². The first kappa shape index (κ1) is 15.9. The normalized spacial score (nSPS) is 12.4. The lowest BCUT2D eigenvalue weighted by Gasteiger charge is -2.19. The molecule has 2 aromatic rings. The van der Waals surface area contributed by atoms with Crippen LogP contribution in [-0.2, 0) is 6.42 Å². The number of aryl methyl sites for hydroxylation is 1. The van der Waals surface area contributed by atoms with Crippen molar-refractivity contribution in [2.45, 2.75) is 26.3 Å². The Morgan fingerprint density at radius 3 is 2.52 bits per heavy atom. The van der Waals surface area contributed by atoms with E-state index in [9.17, 15) is 8.78 Å². The SMILES string of the molecule is CCNC(Cc1ccc(F)cc1Cl)c1ccc(C)c(F)c1. The quantitative estimate of drug-likeness (QED) is 0.835. The van der Waals surface area contributed by atoms with Gasteiger partial charge < -0.3 is 5.32 Å². The molecule has 0 saturated carbocycles. The Labute approximate surface area is 128 Å². The molecule has 2 rings (SSSR count). The van der Waals surface area contributed by atoms with Crippen LogP contribution in [0.1, 0.15) is 29.7 Å².